The second-order valence-electron chi connectivity index (χ2n) is 6.28. The lowest BCUT2D eigenvalue weighted by molar-refractivity contribution is -0.386. The first kappa shape index (κ1) is 17.2. The second kappa shape index (κ2) is 6.98. The Morgan fingerprint density at radius 1 is 1.39 bits per heavy atom. The van der Waals surface area contributed by atoms with E-state index in [9.17, 15) is 14.9 Å². The van der Waals surface area contributed by atoms with Crippen LogP contribution >= 0.6 is 0 Å². The first-order chi connectivity index (χ1) is 10.9. The summed E-state index contributed by atoms with van der Waals surface area (Å²) in [6, 6.07) is 3.73. The van der Waals surface area contributed by atoms with Crippen LogP contribution in [-0.4, -0.2) is 21.6 Å². The molecule has 0 aromatic heterocycles. The molecule has 0 aliphatic heterocycles. The van der Waals surface area contributed by atoms with Crippen LogP contribution in [0.4, 0.5) is 5.69 Å². The molecule has 1 atom stereocenters. The summed E-state index contributed by atoms with van der Waals surface area (Å²) in [5, 5.41) is 20.4. The minimum atomic E-state index is -1.12. The van der Waals surface area contributed by atoms with Gasteiger partial charge in [0.25, 0.3) is 0 Å². The maximum absolute atomic E-state index is 11.3. The summed E-state index contributed by atoms with van der Waals surface area (Å²) in [6.07, 6.45) is 5.78. The average Bonchev–Trinajstić information content (AvgIpc) is 2.54. The Kier molecular flexibility index (Phi) is 5.23. The zero-order valence-electron chi connectivity index (χ0n) is 13.6. The highest BCUT2D eigenvalue weighted by molar-refractivity contribution is 5.88. The number of rotatable bonds is 6. The van der Waals surface area contributed by atoms with Crippen molar-refractivity contribution < 1.29 is 19.6 Å². The van der Waals surface area contributed by atoms with Gasteiger partial charge in [0.15, 0.2) is 5.75 Å². The molecular weight excluding hydrogens is 298 g/mol. The van der Waals surface area contributed by atoms with Gasteiger partial charge in [0.05, 0.1) is 10.5 Å². The van der Waals surface area contributed by atoms with Gasteiger partial charge in [-0.15, -0.1) is 0 Å². The van der Waals surface area contributed by atoms with Gasteiger partial charge < -0.3 is 9.84 Å². The van der Waals surface area contributed by atoms with Gasteiger partial charge in [-0.2, -0.15) is 0 Å². The van der Waals surface area contributed by atoms with E-state index in [0.29, 0.717) is 0 Å². The number of hydrogen-bond acceptors (Lipinski definition) is 4. The van der Waals surface area contributed by atoms with Gasteiger partial charge in [-0.25, -0.2) is 4.79 Å². The van der Waals surface area contributed by atoms with Crippen molar-refractivity contribution in [3.63, 3.8) is 0 Å². The van der Waals surface area contributed by atoms with Crippen LogP contribution in [0.15, 0.2) is 18.2 Å². The Morgan fingerprint density at radius 2 is 2.04 bits per heavy atom. The molecule has 126 valence electrons. The minimum absolute atomic E-state index is 0.000658. The van der Waals surface area contributed by atoms with Crippen LogP contribution in [0.2, 0.25) is 0 Å². The Hall–Kier alpha value is -2.11. The van der Waals surface area contributed by atoms with E-state index in [1.807, 2.05) is 0 Å². The lowest BCUT2D eigenvalue weighted by Crippen LogP contribution is -2.44. The number of carboxylic acid groups (broad SMARTS) is 1. The highest BCUT2D eigenvalue weighted by atomic mass is 16.6. The van der Waals surface area contributed by atoms with Gasteiger partial charge in [0.1, 0.15) is 5.60 Å². The fourth-order valence-corrected chi connectivity index (χ4v) is 3.32. The molecule has 23 heavy (non-hydrogen) atoms. The Bertz CT molecular complexity index is 593. The van der Waals surface area contributed by atoms with Gasteiger partial charge in [0, 0.05) is 12.1 Å². The molecule has 6 nitrogen and oxygen atoms in total. The van der Waals surface area contributed by atoms with Crippen LogP contribution in [0.1, 0.15) is 62.7 Å². The SMILES string of the molecule is CCC(C)C1(Oc2cc(C(=O)O)ccc2[N+](=O)[O-])CCCCC1. The molecule has 0 bridgehead atoms. The highest BCUT2D eigenvalue weighted by Gasteiger charge is 2.40. The first-order valence-electron chi connectivity index (χ1n) is 8.10. The van der Waals surface area contributed by atoms with Gasteiger partial charge in [-0.3, -0.25) is 10.1 Å². The third kappa shape index (κ3) is 3.63. The molecule has 1 aromatic carbocycles. The number of carboxylic acids is 1. The molecule has 0 heterocycles. The Morgan fingerprint density at radius 3 is 2.57 bits per heavy atom. The Labute approximate surface area is 135 Å². The van der Waals surface area contributed by atoms with Crippen molar-refractivity contribution in [2.45, 2.75) is 58.0 Å². The summed E-state index contributed by atoms with van der Waals surface area (Å²) in [5.41, 5.74) is -0.626. The van der Waals surface area contributed by atoms with Crippen molar-refractivity contribution in [2.75, 3.05) is 0 Å². The zero-order valence-corrected chi connectivity index (χ0v) is 13.6. The van der Waals surface area contributed by atoms with Crippen LogP contribution in [0, 0.1) is 16.0 Å². The van der Waals surface area contributed by atoms with Crippen LogP contribution in [-0.2, 0) is 0 Å². The zero-order chi connectivity index (χ0) is 17.0. The summed E-state index contributed by atoms with van der Waals surface area (Å²) in [7, 11) is 0. The summed E-state index contributed by atoms with van der Waals surface area (Å²) in [6.45, 7) is 4.17. The summed E-state index contributed by atoms with van der Waals surface area (Å²) < 4.78 is 6.17. The van der Waals surface area contributed by atoms with Gasteiger partial charge >= 0.3 is 11.7 Å². The van der Waals surface area contributed by atoms with E-state index in [4.69, 9.17) is 9.84 Å². The molecule has 0 spiro atoms. The third-order valence-electron chi connectivity index (χ3n) is 4.93. The maximum Gasteiger partial charge on any atom is 0.335 e. The fraction of sp³-hybridized carbons (Fsp3) is 0.588. The van der Waals surface area contributed by atoms with Crippen molar-refractivity contribution in [1.82, 2.24) is 0 Å². The molecule has 1 aliphatic rings. The number of hydrogen-bond donors (Lipinski definition) is 1. The monoisotopic (exact) mass is 321 g/mol. The summed E-state index contributed by atoms with van der Waals surface area (Å²) in [5.74, 6) is -0.807. The van der Waals surface area contributed by atoms with Crippen molar-refractivity contribution in [2.24, 2.45) is 5.92 Å². The molecule has 1 unspecified atom stereocenters. The largest absolute Gasteiger partial charge is 0.480 e. The molecule has 0 radical (unpaired) electrons. The van der Waals surface area contributed by atoms with E-state index < -0.39 is 16.5 Å². The van der Waals surface area contributed by atoms with Crippen molar-refractivity contribution in [3.05, 3.63) is 33.9 Å². The van der Waals surface area contributed by atoms with Gasteiger partial charge in [-0.1, -0.05) is 20.3 Å². The minimum Gasteiger partial charge on any atom is -0.480 e. The van der Waals surface area contributed by atoms with Crippen molar-refractivity contribution in [3.8, 4) is 5.75 Å². The van der Waals surface area contributed by atoms with Crippen LogP contribution in [0.25, 0.3) is 0 Å². The molecule has 1 aliphatic carbocycles. The molecule has 6 heteroatoms. The van der Waals surface area contributed by atoms with E-state index in [-0.39, 0.29) is 22.9 Å². The van der Waals surface area contributed by atoms with Crippen LogP contribution in [0.5, 0.6) is 5.75 Å². The summed E-state index contributed by atoms with van der Waals surface area (Å²) >= 11 is 0. The predicted octanol–water partition coefficient (Wildman–Crippen LogP) is 4.42. The topological polar surface area (TPSA) is 89.7 Å². The first-order valence-corrected chi connectivity index (χ1v) is 8.10. The van der Waals surface area contributed by atoms with E-state index in [1.54, 1.807) is 0 Å². The number of carbonyl (C=O) groups is 1. The van der Waals surface area contributed by atoms with E-state index in [2.05, 4.69) is 13.8 Å². The fourth-order valence-electron chi connectivity index (χ4n) is 3.32. The average molecular weight is 321 g/mol. The third-order valence-corrected chi connectivity index (χ3v) is 4.93. The maximum atomic E-state index is 11.3. The lowest BCUT2D eigenvalue weighted by Gasteiger charge is -2.42. The molecule has 1 aromatic rings. The highest BCUT2D eigenvalue weighted by Crippen LogP contribution is 2.42. The van der Waals surface area contributed by atoms with E-state index in [0.717, 1.165) is 38.5 Å². The van der Waals surface area contributed by atoms with Crippen molar-refractivity contribution in [1.29, 1.82) is 0 Å². The lowest BCUT2D eigenvalue weighted by atomic mass is 9.75. The van der Waals surface area contributed by atoms with E-state index >= 15 is 0 Å². The van der Waals surface area contributed by atoms with Crippen LogP contribution < -0.4 is 4.74 Å². The number of aromatic carboxylic acids is 1. The normalized spacial score (nSPS) is 18.2. The standard InChI is InChI=1S/C17H23NO5/c1-3-12(2)17(9-5-4-6-10-17)23-15-11-13(16(19)20)7-8-14(15)18(21)22/h7-8,11-12H,3-6,9-10H2,1-2H3,(H,19,20). The molecule has 1 N–H and O–H groups in total. The summed E-state index contributed by atoms with van der Waals surface area (Å²) in [4.78, 5) is 21.9. The van der Waals surface area contributed by atoms with Crippen LogP contribution in [0.3, 0.4) is 0 Å². The number of nitro benzene ring substituents is 1. The Balaban J connectivity index is 2.43. The number of nitro groups is 1. The molecule has 0 saturated heterocycles. The second-order valence-corrected chi connectivity index (χ2v) is 6.28. The molecule has 1 saturated carbocycles. The number of benzene rings is 1. The van der Waals surface area contributed by atoms with Gasteiger partial charge in [0.2, 0.25) is 0 Å². The number of ether oxygens (including phenoxy) is 1. The molecule has 0 amide bonds. The quantitative estimate of drug-likeness (QED) is 0.618. The molecular formula is C17H23NO5. The van der Waals surface area contributed by atoms with E-state index in [1.165, 1.54) is 18.2 Å². The molecule has 2 rings (SSSR count). The predicted molar refractivity (Wildman–Crippen MR) is 86.0 cm³/mol. The smallest absolute Gasteiger partial charge is 0.335 e. The molecule has 1 fully saturated rings. The van der Waals surface area contributed by atoms with Gasteiger partial charge in [-0.05, 0) is 44.1 Å². The number of nitrogens with zero attached hydrogens (tertiary/aromatic N) is 1. The van der Waals surface area contributed by atoms with Crippen molar-refractivity contribution >= 4 is 11.7 Å².